The van der Waals surface area contributed by atoms with Crippen LogP contribution in [0.1, 0.15) is 6.42 Å². The zero-order valence-corrected chi connectivity index (χ0v) is 15.1. The number of amides is 5. The normalized spacial score (nSPS) is 10.8. The lowest BCUT2D eigenvalue weighted by atomic mass is 10.2. The Labute approximate surface area is 163 Å². The molecule has 0 fully saturated rings. The number of carboxylic acid groups (broad SMARTS) is 2. The van der Waals surface area contributed by atoms with E-state index in [0.29, 0.717) is 0 Å². The highest BCUT2D eigenvalue weighted by Gasteiger charge is 2.23. The summed E-state index contributed by atoms with van der Waals surface area (Å²) < 4.78 is 0. The standard InChI is InChI=1S/C14H22N6O9/c15-2-8(21)16-3-9(22)17-4-10(23)18-5-11(24)19-6-12(25)20-7(14(28)29)1-13(26)27/h7H,1-6,15H2,(H,16,21)(H,17,22)(H,18,23)(H,19,24)(H,20,25)(H,26,27)(H,28,29)/t7-/m0/s1. The van der Waals surface area contributed by atoms with Crippen LogP contribution in [0.3, 0.4) is 0 Å². The summed E-state index contributed by atoms with van der Waals surface area (Å²) in [5.41, 5.74) is 5.03. The van der Waals surface area contributed by atoms with Gasteiger partial charge in [0.25, 0.3) is 0 Å². The molecule has 29 heavy (non-hydrogen) atoms. The van der Waals surface area contributed by atoms with Crippen molar-refractivity contribution in [2.45, 2.75) is 12.5 Å². The molecule has 0 rings (SSSR count). The summed E-state index contributed by atoms with van der Waals surface area (Å²) >= 11 is 0. The SMILES string of the molecule is NCC(=O)NCC(=O)NCC(=O)NCC(=O)NCC(=O)N[C@@H](CC(=O)O)C(=O)O. The Kier molecular flexibility index (Phi) is 11.7. The van der Waals surface area contributed by atoms with Crippen LogP contribution in [0.4, 0.5) is 0 Å². The van der Waals surface area contributed by atoms with E-state index in [4.69, 9.17) is 15.9 Å². The molecular formula is C14H22N6O9. The molecule has 0 aliphatic rings. The predicted octanol–water partition coefficient (Wildman–Crippen LogP) is -5.55. The van der Waals surface area contributed by atoms with E-state index in [1.807, 2.05) is 5.32 Å². The van der Waals surface area contributed by atoms with Crippen LogP contribution in [-0.4, -0.2) is 90.5 Å². The average molecular weight is 418 g/mol. The first kappa shape index (κ1) is 25.2. The number of hydrogen-bond acceptors (Lipinski definition) is 8. The minimum Gasteiger partial charge on any atom is -0.481 e. The second-order valence-electron chi connectivity index (χ2n) is 5.37. The van der Waals surface area contributed by atoms with Crippen LogP contribution in [-0.2, 0) is 33.6 Å². The zero-order valence-electron chi connectivity index (χ0n) is 15.1. The van der Waals surface area contributed by atoms with Crippen molar-refractivity contribution in [3.63, 3.8) is 0 Å². The molecule has 0 spiro atoms. The van der Waals surface area contributed by atoms with Crippen LogP contribution in [0, 0.1) is 0 Å². The van der Waals surface area contributed by atoms with Gasteiger partial charge < -0.3 is 42.5 Å². The van der Waals surface area contributed by atoms with Gasteiger partial charge in [0.05, 0.1) is 39.1 Å². The van der Waals surface area contributed by atoms with Gasteiger partial charge >= 0.3 is 11.9 Å². The summed E-state index contributed by atoms with van der Waals surface area (Å²) in [7, 11) is 0. The summed E-state index contributed by atoms with van der Waals surface area (Å²) in [4.78, 5) is 78.1. The number of nitrogens with two attached hydrogens (primary N) is 1. The first-order valence-corrected chi connectivity index (χ1v) is 8.06. The maximum atomic E-state index is 11.5. The molecule has 0 unspecified atom stereocenters. The minimum atomic E-state index is -1.66. The molecule has 0 aliphatic heterocycles. The number of carboxylic acids is 2. The Balaban J connectivity index is 4.07. The summed E-state index contributed by atoms with van der Waals surface area (Å²) in [5.74, 6) is -6.65. The lowest BCUT2D eigenvalue weighted by Gasteiger charge is -2.13. The van der Waals surface area contributed by atoms with Gasteiger partial charge in [-0.15, -0.1) is 0 Å². The van der Waals surface area contributed by atoms with E-state index >= 15 is 0 Å². The van der Waals surface area contributed by atoms with Crippen molar-refractivity contribution in [3.8, 4) is 0 Å². The lowest BCUT2D eigenvalue weighted by molar-refractivity contribution is -0.147. The first-order chi connectivity index (χ1) is 13.5. The molecule has 0 radical (unpaired) electrons. The molecule has 0 aliphatic carbocycles. The maximum absolute atomic E-state index is 11.5. The van der Waals surface area contributed by atoms with E-state index in [2.05, 4.69) is 21.3 Å². The van der Waals surface area contributed by atoms with E-state index in [1.165, 1.54) is 0 Å². The Morgan fingerprint density at radius 2 is 1.03 bits per heavy atom. The van der Waals surface area contributed by atoms with E-state index in [0.717, 1.165) is 0 Å². The van der Waals surface area contributed by atoms with Crippen LogP contribution >= 0.6 is 0 Å². The van der Waals surface area contributed by atoms with E-state index in [1.54, 1.807) is 0 Å². The van der Waals surface area contributed by atoms with Gasteiger partial charge in [-0.25, -0.2) is 4.79 Å². The van der Waals surface area contributed by atoms with Crippen molar-refractivity contribution in [3.05, 3.63) is 0 Å². The third-order valence-corrected chi connectivity index (χ3v) is 2.98. The lowest BCUT2D eigenvalue weighted by Crippen LogP contribution is -2.48. The Morgan fingerprint density at radius 3 is 1.38 bits per heavy atom. The van der Waals surface area contributed by atoms with Crippen molar-refractivity contribution in [1.82, 2.24) is 26.6 Å². The van der Waals surface area contributed by atoms with Gasteiger partial charge in [-0.3, -0.25) is 28.8 Å². The number of aliphatic carboxylic acids is 2. The molecule has 0 aromatic rings. The fourth-order valence-corrected chi connectivity index (χ4v) is 1.60. The van der Waals surface area contributed by atoms with Crippen molar-refractivity contribution in [2.75, 3.05) is 32.7 Å². The van der Waals surface area contributed by atoms with Gasteiger partial charge in [0, 0.05) is 0 Å². The molecule has 0 saturated heterocycles. The van der Waals surface area contributed by atoms with Crippen LogP contribution in [0.15, 0.2) is 0 Å². The quantitative estimate of drug-likeness (QED) is 0.141. The number of nitrogens with one attached hydrogen (secondary N) is 5. The van der Waals surface area contributed by atoms with Crippen LogP contribution in [0.5, 0.6) is 0 Å². The van der Waals surface area contributed by atoms with Crippen molar-refractivity contribution < 1.29 is 43.8 Å². The minimum absolute atomic E-state index is 0.294. The van der Waals surface area contributed by atoms with Crippen molar-refractivity contribution in [1.29, 1.82) is 0 Å². The number of hydrogen-bond donors (Lipinski definition) is 8. The zero-order chi connectivity index (χ0) is 22.4. The van der Waals surface area contributed by atoms with Gasteiger partial charge in [-0.2, -0.15) is 0 Å². The smallest absolute Gasteiger partial charge is 0.326 e. The highest BCUT2D eigenvalue weighted by Crippen LogP contribution is 1.92. The Morgan fingerprint density at radius 1 is 0.655 bits per heavy atom. The number of carbonyl (C=O) groups excluding carboxylic acids is 5. The van der Waals surface area contributed by atoms with Crippen molar-refractivity contribution in [2.24, 2.45) is 5.73 Å². The summed E-state index contributed by atoms with van der Waals surface area (Å²) in [6.45, 7) is -2.32. The third-order valence-electron chi connectivity index (χ3n) is 2.98. The van der Waals surface area contributed by atoms with Gasteiger partial charge in [0.15, 0.2) is 0 Å². The number of rotatable bonds is 13. The van der Waals surface area contributed by atoms with E-state index < -0.39 is 73.6 Å². The van der Waals surface area contributed by atoms with Crippen LogP contribution in [0.25, 0.3) is 0 Å². The van der Waals surface area contributed by atoms with E-state index in [-0.39, 0.29) is 13.1 Å². The molecule has 5 amide bonds. The Hall–Kier alpha value is -3.75. The monoisotopic (exact) mass is 418 g/mol. The summed E-state index contributed by atoms with van der Waals surface area (Å²) in [6, 6.07) is -1.66. The molecule has 0 heterocycles. The molecule has 15 nitrogen and oxygen atoms in total. The van der Waals surface area contributed by atoms with Gasteiger partial charge in [0.1, 0.15) is 6.04 Å². The highest BCUT2D eigenvalue weighted by atomic mass is 16.4. The molecular weight excluding hydrogens is 396 g/mol. The number of carbonyl (C=O) groups is 7. The molecule has 0 aromatic heterocycles. The van der Waals surface area contributed by atoms with Crippen molar-refractivity contribution >= 4 is 41.5 Å². The molecule has 162 valence electrons. The van der Waals surface area contributed by atoms with Crippen LogP contribution in [0.2, 0.25) is 0 Å². The molecule has 0 aromatic carbocycles. The molecule has 15 heteroatoms. The van der Waals surface area contributed by atoms with Crippen LogP contribution < -0.4 is 32.3 Å². The second-order valence-corrected chi connectivity index (χ2v) is 5.37. The fraction of sp³-hybridized carbons (Fsp3) is 0.500. The fourth-order valence-electron chi connectivity index (χ4n) is 1.60. The molecule has 9 N–H and O–H groups in total. The summed E-state index contributed by atoms with van der Waals surface area (Å²) in [6.07, 6.45) is -0.841. The Bertz CT molecular complexity index is 666. The maximum Gasteiger partial charge on any atom is 0.326 e. The van der Waals surface area contributed by atoms with Gasteiger partial charge in [-0.05, 0) is 0 Å². The molecule has 0 saturated carbocycles. The highest BCUT2D eigenvalue weighted by molar-refractivity contribution is 5.92. The first-order valence-electron chi connectivity index (χ1n) is 8.06. The van der Waals surface area contributed by atoms with Gasteiger partial charge in [0.2, 0.25) is 29.5 Å². The van der Waals surface area contributed by atoms with E-state index in [9.17, 15) is 33.6 Å². The second kappa shape index (κ2) is 13.4. The predicted molar refractivity (Wildman–Crippen MR) is 92.9 cm³/mol. The molecule has 1 atom stereocenters. The van der Waals surface area contributed by atoms with Gasteiger partial charge in [-0.1, -0.05) is 0 Å². The average Bonchev–Trinajstić information content (AvgIpc) is 2.66. The topological polar surface area (TPSA) is 246 Å². The summed E-state index contributed by atoms with van der Waals surface area (Å²) in [5, 5.41) is 27.9. The largest absolute Gasteiger partial charge is 0.481 e. The molecule has 0 bridgehead atoms. The third kappa shape index (κ3) is 13.1.